The summed E-state index contributed by atoms with van der Waals surface area (Å²) in [5, 5.41) is 5.93. The van der Waals surface area contributed by atoms with Crippen molar-refractivity contribution in [3.63, 3.8) is 0 Å². The maximum absolute atomic E-state index is 13.7. The zero-order chi connectivity index (χ0) is 13.0. The van der Waals surface area contributed by atoms with Crippen molar-refractivity contribution in [3.05, 3.63) is 41.8 Å². The van der Waals surface area contributed by atoms with Crippen LogP contribution in [0.1, 0.15) is 12.5 Å². The van der Waals surface area contributed by atoms with Crippen LogP contribution in [-0.2, 0) is 0 Å². The molecule has 2 N–H and O–H groups in total. The SMILES string of the molecule is CCNc1nccc(Nc2ccc(C)cc2F)n1. The van der Waals surface area contributed by atoms with E-state index in [9.17, 15) is 4.39 Å². The molecule has 0 aliphatic carbocycles. The van der Waals surface area contributed by atoms with Crippen LogP contribution in [0.3, 0.4) is 0 Å². The molecule has 0 bridgehead atoms. The Morgan fingerprint density at radius 2 is 2.11 bits per heavy atom. The van der Waals surface area contributed by atoms with Crippen molar-refractivity contribution in [3.8, 4) is 0 Å². The van der Waals surface area contributed by atoms with Gasteiger partial charge in [0.2, 0.25) is 5.95 Å². The van der Waals surface area contributed by atoms with Crippen LogP contribution >= 0.6 is 0 Å². The number of hydrogen-bond acceptors (Lipinski definition) is 4. The first kappa shape index (κ1) is 12.3. The highest BCUT2D eigenvalue weighted by Crippen LogP contribution is 2.19. The van der Waals surface area contributed by atoms with Crippen LogP contribution in [0.5, 0.6) is 0 Å². The Morgan fingerprint density at radius 3 is 2.83 bits per heavy atom. The van der Waals surface area contributed by atoms with Crippen LogP contribution < -0.4 is 10.6 Å². The van der Waals surface area contributed by atoms with Gasteiger partial charge in [0.15, 0.2) is 0 Å². The number of halogens is 1. The fourth-order valence-corrected chi connectivity index (χ4v) is 1.53. The van der Waals surface area contributed by atoms with Gasteiger partial charge in [-0.25, -0.2) is 9.37 Å². The van der Waals surface area contributed by atoms with E-state index in [2.05, 4.69) is 20.6 Å². The normalized spacial score (nSPS) is 10.2. The summed E-state index contributed by atoms with van der Waals surface area (Å²) in [5.74, 6) is 0.789. The van der Waals surface area contributed by atoms with Gasteiger partial charge in [-0.3, -0.25) is 0 Å². The van der Waals surface area contributed by atoms with Crippen LogP contribution in [0.15, 0.2) is 30.5 Å². The van der Waals surface area contributed by atoms with Crippen LogP contribution in [0.4, 0.5) is 21.8 Å². The number of anilines is 3. The number of benzene rings is 1. The largest absolute Gasteiger partial charge is 0.354 e. The van der Waals surface area contributed by atoms with E-state index in [1.165, 1.54) is 6.07 Å². The molecule has 0 spiro atoms. The van der Waals surface area contributed by atoms with E-state index >= 15 is 0 Å². The van der Waals surface area contributed by atoms with E-state index in [0.29, 0.717) is 17.5 Å². The summed E-state index contributed by atoms with van der Waals surface area (Å²) in [6.45, 7) is 4.55. The van der Waals surface area contributed by atoms with Gasteiger partial charge in [-0.15, -0.1) is 0 Å². The van der Waals surface area contributed by atoms with Gasteiger partial charge in [0.1, 0.15) is 11.6 Å². The second-order valence-electron chi connectivity index (χ2n) is 3.90. The lowest BCUT2D eigenvalue weighted by atomic mass is 10.2. The number of aromatic nitrogens is 2. The molecule has 0 aliphatic rings. The number of nitrogens with zero attached hydrogens (tertiary/aromatic N) is 2. The molecule has 0 atom stereocenters. The van der Waals surface area contributed by atoms with Crippen LogP contribution in [0.2, 0.25) is 0 Å². The van der Waals surface area contributed by atoms with E-state index in [1.807, 2.05) is 19.9 Å². The molecule has 2 rings (SSSR count). The molecule has 0 saturated heterocycles. The molecule has 1 aromatic heterocycles. The fourth-order valence-electron chi connectivity index (χ4n) is 1.53. The van der Waals surface area contributed by atoms with Crippen molar-refractivity contribution >= 4 is 17.5 Å². The van der Waals surface area contributed by atoms with Crippen molar-refractivity contribution in [1.29, 1.82) is 0 Å². The van der Waals surface area contributed by atoms with Gasteiger partial charge in [-0.1, -0.05) is 6.07 Å². The molecule has 0 unspecified atom stereocenters. The van der Waals surface area contributed by atoms with Crippen molar-refractivity contribution < 1.29 is 4.39 Å². The fraction of sp³-hybridized carbons (Fsp3) is 0.231. The Labute approximate surface area is 105 Å². The minimum atomic E-state index is -0.293. The maximum atomic E-state index is 13.7. The average molecular weight is 246 g/mol. The minimum Gasteiger partial charge on any atom is -0.354 e. The van der Waals surface area contributed by atoms with Crippen molar-refractivity contribution in [1.82, 2.24) is 9.97 Å². The second kappa shape index (κ2) is 5.44. The molecule has 0 aliphatic heterocycles. The Hall–Kier alpha value is -2.17. The lowest BCUT2D eigenvalue weighted by Gasteiger charge is -2.08. The van der Waals surface area contributed by atoms with E-state index in [4.69, 9.17) is 0 Å². The molecule has 5 heteroatoms. The standard InChI is InChI=1S/C13H15FN4/c1-3-15-13-16-7-6-12(18-13)17-11-5-4-9(2)8-10(11)14/h4-8H,3H2,1-2H3,(H2,15,16,17,18). The van der Waals surface area contributed by atoms with Gasteiger partial charge in [-0.05, 0) is 37.6 Å². The number of aryl methyl sites for hydroxylation is 1. The summed E-state index contributed by atoms with van der Waals surface area (Å²) in [4.78, 5) is 8.27. The van der Waals surface area contributed by atoms with E-state index in [-0.39, 0.29) is 5.82 Å². The molecular weight excluding hydrogens is 231 g/mol. The highest BCUT2D eigenvalue weighted by atomic mass is 19.1. The predicted molar refractivity (Wildman–Crippen MR) is 70.6 cm³/mol. The molecule has 0 amide bonds. The molecular formula is C13H15FN4. The zero-order valence-electron chi connectivity index (χ0n) is 10.4. The molecule has 0 saturated carbocycles. The number of nitrogens with one attached hydrogen (secondary N) is 2. The molecule has 4 nitrogen and oxygen atoms in total. The van der Waals surface area contributed by atoms with E-state index in [0.717, 1.165) is 12.1 Å². The molecule has 1 heterocycles. The summed E-state index contributed by atoms with van der Waals surface area (Å²) < 4.78 is 13.7. The van der Waals surface area contributed by atoms with E-state index in [1.54, 1.807) is 18.3 Å². The summed E-state index contributed by atoms with van der Waals surface area (Å²) in [6, 6.07) is 6.71. The number of hydrogen-bond donors (Lipinski definition) is 2. The Kier molecular flexibility index (Phi) is 3.72. The summed E-state index contributed by atoms with van der Waals surface area (Å²) >= 11 is 0. The predicted octanol–water partition coefficient (Wildman–Crippen LogP) is 3.10. The van der Waals surface area contributed by atoms with Gasteiger partial charge in [0.25, 0.3) is 0 Å². The first-order chi connectivity index (χ1) is 8.69. The third-order valence-corrected chi connectivity index (χ3v) is 2.38. The topological polar surface area (TPSA) is 49.8 Å². The van der Waals surface area contributed by atoms with Gasteiger partial charge in [-0.2, -0.15) is 4.98 Å². The summed E-state index contributed by atoms with van der Waals surface area (Å²) in [6.07, 6.45) is 1.62. The van der Waals surface area contributed by atoms with Crippen LogP contribution in [0, 0.1) is 12.7 Å². The molecule has 0 radical (unpaired) electrons. The van der Waals surface area contributed by atoms with Crippen LogP contribution in [-0.4, -0.2) is 16.5 Å². The zero-order valence-corrected chi connectivity index (χ0v) is 10.4. The van der Waals surface area contributed by atoms with Gasteiger partial charge in [0.05, 0.1) is 5.69 Å². The summed E-state index contributed by atoms with van der Waals surface area (Å²) in [7, 11) is 0. The Morgan fingerprint density at radius 1 is 1.28 bits per heavy atom. The molecule has 94 valence electrons. The third-order valence-electron chi connectivity index (χ3n) is 2.38. The monoisotopic (exact) mass is 246 g/mol. The molecule has 18 heavy (non-hydrogen) atoms. The first-order valence-corrected chi connectivity index (χ1v) is 5.79. The lowest BCUT2D eigenvalue weighted by Crippen LogP contribution is -2.04. The third kappa shape index (κ3) is 2.94. The number of rotatable bonds is 4. The van der Waals surface area contributed by atoms with E-state index < -0.39 is 0 Å². The van der Waals surface area contributed by atoms with Crippen molar-refractivity contribution in [2.24, 2.45) is 0 Å². The molecule has 1 aromatic carbocycles. The lowest BCUT2D eigenvalue weighted by molar-refractivity contribution is 0.630. The van der Waals surface area contributed by atoms with Gasteiger partial charge in [0, 0.05) is 12.7 Å². The van der Waals surface area contributed by atoms with Gasteiger partial charge >= 0.3 is 0 Å². The maximum Gasteiger partial charge on any atom is 0.224 e. The van der Waals surface area contributed by atoms with Crippen molar-refractivity contribution in [2.75, 3.05) is 17.2 Å². The Bertz CT molecular complexity index is 542. The van der Waals surface area contributed by atoms with Gasteiger partial charge < -0.3 is 10.6 Å². The first-order valence-electron chi connectivity index (χ1n) is 5.79. The minimum absolute atomic E-state index is 0.293. The summed E-state index contributed by atoms with van der Waals surface area (Å²) in [5.41, 5.74) is 1.29. The average Bonchev–Trinajstić information content (AvgIpc) is 2.34. The smallest absolute Gasteiger partial charge is 0.224 e. The second-order valence-corrected chi connectivity index (χ2v) is 3.90. The van der Waals surface area contributed by atoms with Crippen molar-refractivity contribution in [2.45, 2.75) is 13.8 Å². The molecule has 2 aromatic rings. The quantitative estimate of drug-likeness (QED) is 0.870. The highest BCUT2D eigenvalue weighted by molar-refractivity contribution is 5.58. The highest BCUT2D eigenvalue weighted by Gasteiger charge is 2.04. The Balaban J connectivity index is 2.20. The van der Waals surface area contributed by atoms with Crippen LogP contribution in [0.25, 0.3) is 0 Å². The molecule has 0 fully saturated rings.